The standard InChI is InChI=1S/C39H39N13O6/c1-23(28-5-2-3-6-29(28)52(55)56)51-22-46-35-33(51)37(50-39(41)48-35)58-20-27-15-11-25(12-16-27)18-43-31(54)8-4-7-30(53)42-17-24-9-13-26(14-10-24)19-57-36-32-34(45-21-44-32)47-38(40)49-36/h2-3,5-6,9-16,21-23H,4,7-8,17-20H2,1H3,(H,42,53)(H,43,54)(H2,41,48,50)(H3,40,44,45,47,49). The van der Waals surface area contributed by atoms with Crippen molar-refractivity contribution in [2.75, 3.05) is 11.5 Å². The molecule has 0 saturated carbocycles. The molecule has 1 unspecified atom stereocenters. The molecule has 0 saturated heterocycles. The first-order chi connectivity index (χ1) is 28.1. The number of para-hydroxylation sites is 1. The van der Waals surface area contributed by atoms with Gasteiger partial charge < -0.3 is 41.1 Å². The molecule has 7 rings (SSSR count). The van der Waals surface area contributed by atoms with E-state index in [2.05, 4.69) is 45.5 Å². The van der Waals surface area contributed by atoms with Gasteiger partial charge in [-0.1, -0.05) is 66.7 Å². The van der Waals surface area contributed by atoms with Crippen LogP contribution in [0.5, 0.6) is 11.8 Å². The molecular weight excluding hydrogens is 747 g/mol. The van der Waals surface area contributed by atoms with E-state index in [4.69, 9.17) is 20.9 Å². The van der Waals surface area contributed by atoms with E-state index in [1.807, 2.05) is 55.5 Å². The third-order valence-electron chi connectivity index (χ3n) is 9.27. The van der Waals surface area contributed by atoms with Crippen molar-refractivity contribution in [2.45, 2.75) is 58.5 Å². The second kappa shape index (κ2) is 17.4. The van der Waals surface area contributed by atoms with Crippen LogP contribution in [0, 0.1) is 10.1 Å². The summed E-state index contributed by atoms with van der Waals surface area (Å²) in [6.07, 6.45) is 3.86. The van der Waals surface area contributed by atoms with Gasteiger partial charge in [-0.2, -0.15) is 19.9 Å². The highest BCUT2D eigenvalue weighted by Crippen LogP contribution is 2.33. The number of hydrogen-bond acceptors (Lipinski definition) is 14. The quantitative estimate of drug-likeness (QED) is 0.0631. The molecule has 1 atom stereocenters. The maximum atomic E-state index is 12.5. The zero-order valence-electron chi connectivity index (χ0n) is 31.3. The first kappa shape index (κ1) is 38.6. The monoisotopic (exact) mass is 785 g/mol. The van der Waals surface area contributed by atoms with Gasteiger partial charge in [0.25, 0.3) is 5.69 Å². The zero-order chi connectivity index (χ0) is 40.6. The summed E-state index contributed by atoms with van der Waals surface area (Å²) < 4.78 is 13.6. The number of H-pyrrole nitrogens is 1. The van der Waals surface area contributed by atoms with E-state index in [0.717, 1.165) is 22.3 Å². The van der Waals surface area contributed by atoms with Crippen molar-refractivity contribution in [2.24, 2.45) is 0 Å². The minimum absolute atomic E-state index is 0.0155. The van der Waals surface area contributed by atoms with Crippen LogP contribution < -0.4 is 31.6 Å². The van der Waals surface area contributed by atoms with Gasteiger partial charge in [0, 0.05) is 32.0 Å². The van der Waals surface area contributed by atoms with Crippen LogP contribution in [0.25, 0.3) is 22.3 Å². The summed E-state index contributed by atoms with van der Waals surface area (Å²) in [6.45, 7) is 2.89. The minimum Gasteiger partial charge on any atom is -0.471 e. The average molecular weight is 786 g/mol. The van der Waals surface area contributed by atoms with Crippen LogP contribution in [0.2, 0.25) is 0 Å². The average Bonchev–Trinajstić information content (AvgIpc) is 3.88. The SMILES string of the molecule is CC(c1ccccc1[N+](=O)[O-])n1cnc2nc(N)nc(OCc3ccc(CNC(=O)CCCC(=O)NCc4ccc(COc5nc(N)nc6nc[nH]c56)cc4)cc3)c21. The van der Waals surface area contributed by atoms with Crippen molar-refractivity contribution >= 4 is 51.7 Å². The van der Waals surface area contributed by atoms with Crippen LogP contribution in [0.15, 0.2) is 85.5 Å². The maximum Gasteiger partial charge on any atom is 0.274 e. The Kier molecular flexibility index (Phi) is 11.6. The number of fused-ring (bicyclic) bond motifs is 2. The predicted octanol–water partition coefficient (Wildman–Crippen LogP) is 4.44. The molecule has 296 valence electrons. The second-order valence-corrected chi connectivity index (χ2v) is 13.3. The number of nitrogens with zero attached hydrogens (tertiary/aromatic N) is 8. The highest BCUT2D eigenvalue weighted by Gasteiger charge is 2.24. The molecule has 4 aromatic heterocycles. The molecule has 2 amide bonds. The van der Waals surface area contributed by atoms with E-state index in [1.165, 1.54) is 18.7 Å². The number of nitro groups is 1. The third kappa shape index (κ3) is 9.21. The number of nitrogens with two attached hydrogens (primary N) is 2. The predicted molar refractivity (Wildman–Crippen MR) is 212 cm³/mol. The van der Waals surface area contributed by atoms with Crippen molar-refractivity contribution in [3.05, 3.63) is 123 Å². The molecule has 0 aliphatic carbocycles. The van der Waals surface area contributed by atoms with Crippen LogP contribution in [-0.2, 0) is 35.9 Å². The Bertz CT molecular complexity index is 2570. The first-order valence-electron chi connectivity index (χ1n) is 18.3. The van der Waals surface area contributed by atoms with Crippen molar-refractivity contribution in [1.82, 2.24) is 50.1 Å². The molecule has 58 heavy (non-hydrogen) atoms. The lowest BCUT2D eigenvalue weighted by atomic mass is 10.1. The summed E-state index contributed by atoms with van der Waals surface area (Å²) in [6, 6.07) is 21.1. The number of carbonyl (C=O) groups excluding carboxylic acids is 2. The minimum atomic E-state index is -0.482. The van der Waals surface area contributed by atoms with Gasteiger partial charge in [0.15, 0.2) is 16.8 Å². The van der Waals surface area contributed by atoms with Gasteiger partial charge in [-0.05, 0) is 35.6 Å². The van der Waals surface area contributed by atoms with E-state index in [-0.39, 0.29) is 61.3 Å². The second-order valence-electron chi connectivity index (χ2n) is 13.3. The van der Waals surface area contributed by atoms with Crippen LogP contribution in [-0.4, -0.2) is 56.2 Å². The van der Waals surface area contributed by atoms with Crippen LogP contribution in [0.1, 0.15) is 60.0 Å². The largest absolute Gasteiger partial charge is 0.471 e. The number of hydrogen-bond donors (Lipinski definition) is 5. The fourth-order valence-corrected chi connectivity index (χ4v) is 6.21. The summed E-state index contributed by atoms with van der Waals surface area (Å²) in [5.74, 6) is 0.251. The number of nitrogen functional groups attached to an aromatic ring is 2. The Labute approximate surface area is 330 Å². The van der Waals surface area contributed by atoms with Crippen LogP contribution in [0.4, 0.5) is 17.6 Å². The smallest absolute Gasteiger partial charge is 0.274 e. The Balaban J connectivity index is 0.827. The van der Waals surface area contributed by atoms with Gasteiger partial charge in [-0.3, -0.25) is 19.7 Å². The van der Waals surface area contributed by atoms with Crippen molar-refractivity contribution < 1.29 is 24.0 Å². The van der Waals surface area contributed by atoms with E-state index in [1.54, 1.807) is 22.8 Å². The topological polar surface area (TPSA) is 270 Å². The lowest BCUT2D eigenvalue weighted by Gasteiger charge is -2.16. The highest BCUT2D eigenvalue weighted by molar-refractivity contribution is 5.79. The molecule has 0 radical (unpaired) electrons. The molecule has 3 aromatic carbocycles. The Morgan fingerprint density at radius 3 is 1.95 bits per heavy atom. The number of nitrogens with one attached hydrogen (secondary N) is 3. The molecule has 0 bridgehead atoms. The number of aromatic nitrogens is 8. The molecular formula is C39H39N13O6. The fraction of sp³-hybridized carbons (Fsp3) is 0.231. The van der Waals surface area contributed by atoms with E-state index < -0.39 is 11.0 Å². The number of amides is 2. The van der Waals surface area contributed by atoms with Crippen molar-refractivity contribution in [3.63, 3.8) is 0 Å². The molecule has 0 aliphatic rings. The molecule has 0 spiro atoms. The highest BCUT2D eigenvalue weighted by atomic mass is 16.6. The number of carbonyl (C=O) groups is 2. The Morgan fingerprint density at radius 2 is 1.33 bits per heavy atom. The Morgan fingerprint density at radius 1 is 0.776 bits per heavy atom. The molecule has 7 aromatic rings. The first-order valence-corrected chi connectivity index (χ1v) is 18.3. The summed E-state index contributed by atoms with van der Waals surface area (Å²) in [7, 11) is 0. The summed E-state index contributed by atoms with van der Waals surface area (Å²) >= 11 is 0. The summed E-state index contributed by atoms with van der Waals surface area (Å²) in [5, 5.41) is 17.5. The molecule has 4 heterocycles. The zero-order valence-corrected chi connectivity index (χ0v) is 31.3. The lowest BCUT2D eigenvalue weighted by Crippen LogP contribution is -2.25. The van der Waals surface area contributed by atoms with Gasteiger partial charge in [0.05, 0.1) is 29.2 Å². The number of rotatable bonds is 17. The lowest BCUT2D eigenvalue weighted by molar-refractivity contribution is -0.385. The fourth-order valence-electron chi connectivity index (χ4n) is 6.21. The maximum absolute atomic E-state index is 12.5. The van der Waals surface area contributed by atoms with E-state index in [0.29, 0.717) is 53.3 Å². The van der Waals surface area contributed by atoms with Gasteiger partial charge in [-0.25, -0.2) is 9.97 Å². The van der Waals surface area contributed by atoms with E-state index in [9.17, 15) is 19.7 Å². The normalized spacial score (nSPS) is 11.7. The van der Waals surface area contributed by atoms with Crippen molar-refractivity contribution in [3.8, 4) is 11.8 Å². The molecule has 0 aliphatic heterocycles. The van der Waals surface area contributed by atoms with Crippen LogP contribution in [0.3, 0.4) is 0 Å². The van der Waals surface area contributed by atoms with Crippen molar-refractivity contribution in [1.29, 1.82) is 0 Å². The van der Waals surface area contributed by atoms with Gasteiger partial charge in [-0.15, -0.1) is 0 Å². The molecule has 0 fully saturated rings. The Hall–Kier alpha value is -7.70. The number of benzene rings is 3. The number of nitro benzene ring substituents is 1. The van der Waals surface area contributed by atoms with Crippen LogP contribution >= 0.6 is 0 Å². The molecule has 7 N–H and O–H groups in total. The number of aromatic amines is 1. The number of ether oxygens (including phenoxy) is 2. The third-order valence-corrected chi connectivity index (χ3v) is 9.27. The summed E-state index contributed by atoms with van der Waals surface area (Å²) in [5.41, 5.74) is 17.4. The molecule has 19 nitrogen and oxygen atoms in total. The molecule has 19 heteroatoms. The van der Waals surface area contributed by atoms with Gasteiger partial charge >= 0.3 is 0 Å². The van der Waals surface area contributed by atoms with Gasteiger partial charge in [0.2, 0.25) is 35.5 Å². The van der Waals surface area contributed by atoms with E-state index >= 15 is 0 Å². The summed E-state index contributed by atoms with van der Waals surface area (Å²) in [4.78, 5) is 64.3. The van der Waals surface area contributed by atoms with Gasteiger partial charge in [0.1, 0.15) is 18.7 Å². The number of imidazole rings is 2. The number of anilines is 2.